The molecule has 8 heteroatoms. The lowest BCUT2D eigenvalue weighted by atomic mass is 10.3. The van der Waals surface area contributed by atoms with Crippen LogP contribution in [0.15, 0.2) is 83.8 Å². The van der Waals surface area contributed by atoms with Crippen molar-refractivity contribution in [2.45, 2.75) is 18.2 Å². The molecule has 1 amide bonds. The first-order valence-corrected chi connectivity index (χ1v) is 11.6. The van der Waals surface area contributed by atoms with E-state index < -0.39 is 15.9 Å². The highest BCUT2D eigenvalue weighted by molar-refractivity contribution is 7.89. The number of ether oxygens (including phenoxy) is 1. The van der Waals surface area contributed by atoms with E-state index in [0.29, 0.717) is 28.6 Å². The lowest BCUT2D eigenvalue weighted by Crippen LogP contribution is -2.38. The number of anilines is 1. The fourth-order valence-corrected chi connectivity index (χ4v) is 4.72. The second-order valence-electron chi connectivity index (χ2n) is 6.76. The number of benzene rings is 3. The van der Waals surface area contributed by atoms with Crippen LogP contribution in [0.5, 0.6) is 11.5 Å². The monoisotopic (exact) mass is 458 g/mol. The van der Waals surface area contributed by atoms with Gasteiger partial charge >= 0.3 is 0 Å². The molecule has 0 bridgehead atoms. The molecule has 0 spiro atoms. The van der Waals surface area contributed by atoms with Crippen LogP contribution in [0.1, 0.15) is 13.3 Å². The number of sulfonamides is 1. The van der Waals surface area contributed by atoms with Gasteiger partial charge in [0.1, 0.15) is 5.75 Å². The summed E-state index contributed by atoms with van der Waals surface area (Å²) in [4.78, 5) is 12.8. The Labute approximate surface area is 187 Å². The Bertz CT molecular complexity index is 1140. The molecule has 162 valence electrons. The molecule has 0 atom stereocenters. The van der Waals surface area contributed by atoms with E-state index in [4.69, 9.17) is 16.3 Å². The normalized spacial score (nSPS) is 11.3. The molecule has 0 aliphatic rings. The summed E-state index contributed by atoms with van der Waals surface area (Å²) in [7, 11) is -3.87. The molecule has 0 saturated carbocycles. The minimum absolute atomic E-state index is 0.0501. The summed E-state index contributed by atoms with van der Waals surface area (Å²) in [6.45, 7) is 1.72. The smallest absolute Gasteiger partial charge is 0.243 e. The molecular formula is C23H23ClN2O4S. The topological polar surface area (TPSA) is 75.7 Å². The van der Waals surface area contributed by atoms with Crippen LogP contribution in [0.4, 0.5) is 5.69 Å². The van der Waals surface area contributed by atoms with Crippen LogP contribution in [0.2, 0.25) is 5.02 Å². The molecule has 0 radical (unpaired) electrons. The summed E-state index contributed by atoms with van der Waals surface area (Å²) in [5, 5.41) is 3.07. The van der Waals surface area contributed by atoms with Gasteiger partial charge in [0.05, 0.1) is 17.1 Å². The molecule has 0 heterocycles. The third-order valence-electron chi connectivity index (χ3n) is 4.36. The molecule has 3 aromatic rings. The molecule has 0 aliphatic heterocycles. The minimum Gasteiger partial charge on any atom is -0.455 e. The van der Waals surface area contributed by atoms with Crippen molar-refractivity contribution in [3.8, 4) is 11.5 Å². The number of para-hydroxylation sites is 3. The first-order chi connectivity index (χ1) is 14.9. The standard InChI is InChI=1S/C23H23ClN2O4S/c1-2-15-26(31(28,29)20-12-8-9-18(24)16-20)17-23(27)25-21-13-6-7-14-22(21)30-19-10-4-3-5-11-19/h3-14,16H,2,15,17H2,1H3,(H,25,27). The molecule has 0 aromatic heterocycles. The Hall–Kier alpha value is -2.87. The molecule has 31 heavy (non-hydrogen) atoms. The van der Waals surface area contributed by atoms with E-state index in [1.165, 1.54) is 12.1 Å². The minimum atomic E-state index is -3.87. The molecule has 3 rings (SSSR count). The van der Waals surface area contributed by atoms with E-state index in [-0.39, 0.29) is 18.0 Å². The molecule has 0 fully saturated rings. The molecule has 1 N–H and O–H groups in total. The predicted octanol–water partition coefficient (Wildman–Crippen LogP) is 5.17. The summed E-state index contributed by atoms with van der Waals surface area (Å²) in [6.07, 6.45) is 0.556. The number of carbonyl (C=O) groups is 1. The van der Waals surface area contributed by atoms with Gasteiger partial charge in [-0.05, 0) is 48.9 Å². The molecule has 0 unspecified atom stereocenters. The number of nitrogens with zero attached hydrogens (tertiary/aromatic N) is 1. The van der Waals surface area contributed by atoms with Gasteiger partial charge in [0.15, 0.2) is 5.75 Å². The largest absolute Gasteiger partial charge is 0.455 e. The Morgan fingerprint density at radius 2 is 1.71 bits per heavy atom. The molecule has 0 aliphatic carbocycles. The van der Waals surface area contributed by atoms with E-state index in [0.717, 1.165) is 4.31 Å². The van der Waals surface area contributed by atoms with Gasteiger partial charge in [-0.2, -0.15) is 4.31 Å². The van der Waals surface area contributed by atoms with Crippen LogP contribution in [0.25, 0.3) is 0 Å². The number of carbonyl (C=O) groups excluding carboxylic acids is 1. The molecular weight excluding hydrogens is 436 g/mol. The third kappa shape index (κ3) is 6.07. The number of hydrogen-bond acceptors (Lipinski definition) is 4. The third-order valence-corrected chi connectivity index (χ3v) is 6.44. The van der Waals surface area contributed by atoms with Crippen molar-refractivity contribution < 1.29 is 17.9 Å². The molecule has 3 aromatic carbocycles. The summed E-state index contributed by atoms with van der Waals surface area (Å²) < 4.78 is 33.1. The highest BCUT2D eigenvalue weighted by atomic mass is 35.5. The maximum atomic E-state index is 13.0. The summed E-state index contributed by atoms with van der Waals surface area (Å²) in [5.41, 5.74) is 0.452. The number of rotatable bonds is 9. The van der Waals surface area contributed by atoms with Crippen molar-refractivity contribution in [1.29, 1.82) is 0 Å². The molecule has 0 saturated heterocycles. The average molecular weight is 459 g/mol. The predicted molar refractivity (Wildman–Crippen MR) is 122 cm³/mol. The second kappa shape index (κ2) is 10.4. The van der Waals surface area contributed by atoms with Gasteiger partial charge in [-0.3, -0.25) is 4.79 Å². The van der Waals surface area contributed by atoms with E-state index in [9.17, 15) is 13.2 Å². The SMILES string of the molecule is CCCN(CC(=O)Nc1ccccc1Oc1ccccc1)S(=O)(=O)c1cccc(Cl)c1. The maximum Gasteiger partial charge on any atom is 0.243 e. The number of nitrogens with one attached hydrogen (secondary N) is 1. The van der Waals surface area contributed by atoms with Gasteiger partial charge < -0.3 is 10.1 Å². The van der Waals surface area contributed by atoms with Gasteiger partial charge in [0.25, 0.3) is 0 Å². The zero-order chi connectivity index (χ0) is 22.3. The van der Waals surface area contributed by atoms with Crippen molar-refractivity contribution >= 4 is 33.2 Å². The quantitative estimate of drug-likeness (QED) is 0.479. The van der Waals surface area contributed by atoms with Crippen molar-refractivity contribution in [3.05, 3.63) is 83.9 Å². The van der Waals surface area contributed by atoms with Crippen molar-refractivity contribution in [3.63, 3.8) is 0 Å². The fraction of sp³-hybridized carbons (Fsp3) is 0.174. The Morgan fingerprint density at radius 1 is 1.00 bits per heavy atom. The van der Waals surface area contributed by atoms with Gasteiger partial charge in [0.2, 0.25) is 15.9 Å². The van der Waals surface area contributed by atoms with Gasteiger partial charge in [-0.25, -0.2) is 8.42 Å². The van der Waals surface area contributed by atoms with Crippen LogP contribution in [-0.2, 0) is 14.8 Å². The highest BCUT2D eigenvalue weighted by Crippen LogP contribution is 2.29. The zero-order valence-electron chi connectivity index (χ0n) is 17.0. The van der Waals surface area contributed by atoms with Crippen LogP contribution >= 0.6 is 11.6 Å². The number of halogens is 1. The second-order valence-corrected chi connectivity index (χ2v) is 9.13. The van der Waals surface area contributed by atoms with E-state index in [1.807, 2.05) is 25.1 Å². The Kier molecular flexibility index (Phi) is 7.68. The Morgan fingerprint density at radius 3 is 2.42 bits per heavy atom. The van der Waals surface area contributed by atoms with E-state index in [1.54, 1.807) is 48.5 Å². The maximum absolute atomic E-state index is 13.0. The molecule has 6 nitrogen and oxygen atoms in total. The first-order valence-electron chi connectivity index (χ1n) is 9.77. The lowest BCUT2D eigenvalue weighted by Gasteiger charge is -2.21. The van der Waals surface area contributed by atoms with Crippen molar-refractivity contribution in [2.24, 2.45) is 0 Å². The van der Waals surface area contributed by atoms with Crippen LogP contribution in [-0.4, -0.2) is 31.7 Å². The van der Waals surface area contributed by atoms with Gasteiger partial charge in [-0.1, -0.05) is 54.9 Å². The number of hydrogen-bond donors (Lipinski definition) is 1. The summed E-state index contributed by atoms with van der Waals surface area (Å²) >= 11 is 5.95. The fourth-order valence-electron chi connectivity index (χ4n) is 2.93. The van der Waals surface area contributed by atoms with Gasteiger partial charge in [0, 0.05) is 11.6 Å². The van der Waals surface area contributed by atoms with Gasteiger partial charge in [-0.15, -0.1) is 0 Å². The van der Waals surface area contributed by atoms with Crippen LogP contribution in [0.3, 0.4) is 0 Å². The Balaban J connectivity index is 1.77. The van der Waals surface area contributed by atoms with E-state index >= 15 is 0 Å². The van der Waals surface area contributed by atoms with Crippen LogP contribution < -0.4 is 10.1 Å². The summed E-state index contributed by atoms with van der Waals surface area (Å²) in [6, 6.07) is 22.2. The average Bonchev–Trinajstić information content (AvgIpc) is 2.75. The van der Waals surface area contributed by atoms with Crippen molar-refractivity contribution in [2.75, 3.05) is 18.4 Å². The number of amides is 1. The zero-order valence-corrected chi connectivity index (χ0v) is 18.6. The highest BCUT2D eigenvalue weighted by Gasteiger charge is 2.26. The van der Waals surface area contributed by atoms with E-state index in [2.05, 4.69) is 5.32 Å². The first kappa shape index (κ1) is 22.8. The summed E-state index contributed by atoms with van der Waals surface area (Å²) in [5.74, 6) is 0.616. The van der Waals surface area contributed by atoms with Crippen LogP contribution in [0, 0.1) is 0 Å². The lowest BCUT2D eigenvalue weighted by molar-refractivity contribution is -0.116. The van der Waals surface area contributed by atoms with Crippen molar-refractivity contribution in [1.82, 2.24) is 4.31 Å².